The Morgan fingerprint density at radius 2 is 1.50 bits per heavy atom. The van der Waals surface area contributed by atoms with Gasteiger partial charge in [0.05, 0.1) is 0 Å². The van der Waals surface area contributed by atoms with Crippen LogP contribution in [-0.2, 0) is 31.0 Å². The molecule has 2 unspecified atom stereocenters. The molecule has 108 valence electrons. The Morgan fingerprint density at radius 1 is 1.06 bits per heavy atom. The van der Waals surface area contributed by atoms with Gasteiger partial charge in [0.2, 0.25) is 0 Å². The van der Waals surface area contributed by atoms with E-state index in [4.69, 9.17) is 4.84 Å². The Hall–Kier alpha value is 1.20. The molecule has 1 rings (SSSR count). The third-order valence-electron chi connectivity index (χ3n) is 1.98. The minimum atomic E-state index is 0. The van der Waals surface area contributed by atoms with E-state index in [1.807, 2.05) is 0 Å². The largest absolute Gasteiger partial charge is 4.00 e. The van der Waals surface area contributed by atoms with Crippen LogP contribution in [0.2, 0.25) is 0 Å². The minimum Gasteiger partial charge on any atom is -0.668 e. The standard InChI is InChI=1S/C7H13BrNO.2C2H6N.CH3.Zr/c1-9-10-5-6-3-2-4-7(6)8;2*1-3-2;;/h6-7H,2-5H2,1H3;2*1-2H3;1H3;/q4*-1;+4. The number of hydrogen-bond acceptors (Lipinski definition) is 1. The normalized spacial score (nSPS) is 20.3. The van der Waals surface area contributed by atoms with Crippen molar-refractivity contribution < 1.29 is 31.0 Å². The van der Waals surface area contributed by atoms with E-state index in [2.05, 4.69) is 32.0 Å². The summed E-state index contributed by atoms with van der Waals surface area (Å²) in [6, 6.07) is 0. The Kier molecular flexibility index (Phi) is 35.6. The van der Waals surface area contributed by atoms with E-state index in [0.717, 1.165) is 6.61 Å². The van der Waals surface area contributed by atoms with E-state index in [0.29, 0.717) is 10.7 Å². The minimum absolute atomic E-state index is 0. The second-order valence-corrected chi connectivity index (χ2v) is 4.76. The molecule has 0 aliphatic heterocycles. The zero-order valence-electron chi connectivity index (χ0n) is 12.6. The molecular weight excluding hydrogens is 373 g/mol. The molecule has 0 aromatic heterocycles. The fourth-order valence-corrected chi connectivity index (χ4v) is 2.09. The molecule has 18 heavy (non-hydrogen) atoms. The molecular formula is C12H28BrN3OZr. The predicted molar refractivity (Wildman–Crippen MR) is 82.1 cm³/mol. The summed E-state index contributed by atoms with van der Waals surface area (Å²) in [5.74, 6) is 0.684. The first-order valence-corrected chi connectivity index (χ1v) is 6.40. The Bertz CT molecular complexity index is 132. The first kappa shape index (κ1) is 27.5. The van der Waals surface area contributed by atoms with Crippen LogP contribution in [0.25, 0.3) is 16.1 Å². The number of alkyl halides is 1. The molecule has 0 heterocycles. The zero-order valence-corrected chi connectivity index (χ0v) is 16.7. The van der Waals surface area contributed by atoms with E-state index in [9.17, 15) is 0 Å². The summed E-state index contributed by atoms with van der Waals surface area (Å²) in [5.41, 5.74) is 3.61. The topological polar surface area (TPSA) is 51.5 Å². The molecule has 0 radical (unpaired) electrons. The summed E-state index contributed by atoms with van der Waals surface area (Å²) in [4.78, 5) is 5.64. The Labute approximate surface area is 142 Å². The maximum atomic E-state index is 4.98. The van der Waals surface area contributed by atoms with Gasteiger partial charge in [-0.15, -0.1) is 7.05 Å². The molecule has 4 nitrogen and oxygen atoms in total. The van der Waals surface area contributed by atoms with Gasteiger partial charge in [-0.25, -0.2) is 0 Å². The first-order chi connectivity index (χ1) is 7.67. The fraction of sp³-hybridized carbons (Fsp3) is 0.917. The number of nitrogens with zero attached hydrogens (tertiary/aromatic N) is 3. The molecule has 6 heteroatoms. The summed E-state index contributed by atoms with van der Waals surface area (Å²) in [5, 5.41) is 7.00. The van der Waals surface area contributed by atoms with Crippen molar-refractivity contribution in [3.05, 3.63) is 23.5 Å². The van der Waals surface area contributed by atoms with Gasteiger partial charge >= 0.3 is 26.2 Å². The second-order valence-electron chi connectivity index (χ2n) is 3.58. The van der Waals surface area contributed by atoms with Crippen LogP contribution in [-0.4, -0.2) is 46.7 Å². The zero-order chi connectivity index (χ0) is 12.8. The Morgan fingerprint density at radius 3 is 1.78 bits per heavy atom. The predicted octanol–water partition coefficient (Wildman–Crippen LogP) is 4.17. The Balaban J connectivity index is -0.000000106. The maximum absolute atomic E-state index is 4.98. The van der Waals surface area contributed by atoms with Crippen LogP contribution in [0.3, 0.4) is 0 Å². The van der Waals surface area contributed by atoms with Gasteiger partial charge in [0, 0.05) is 11.4 Å². The molecule has 0 aromatic rings. The molecule has 0 amide bonds. The average molecular weight is 402 g/mol. The van der Waals surface area contributed by atoms with Crippen molar-refractivity contribution in [3.63, 3.8) is 0 Å². The fourth-order valence-electron chi connectivity index (χ4n) is 1.35. The van der Waals surface area contributed by atoms with Gasteiger partial charge < -0.3 is 28.4 Å². The van der Waals surface area contributed by atoms with Crippen molar-refractivity contribution >= 4 is 15.9 Å². The number of halogens is 1. The summed E-state index contributed by atoms with van der Waals surface area (Å²) < 4.78 is 0. The molecule has 1 aliphatic carbocycles. The quantitative estimate of drug-likeness (QED) is 0.398. The van der Waals surface area contributed by atoms with Crippen LogP contribution >= 0.6 is 15.9 Å². The summed E-state index contributed by atoms with van der Waals surface area (Å²) in [6.07, 6.45) is 3.90. The van der Waals surface area contributed by atoms with Crippen molar-refractivity contribution in [2.45, 2.75) is 24.1 Å². The van der Waals surface area contributed by atoms with E-state index in [1.54, 1.807) is 35.2 Å². The maximum Gasteiger partial charge on any atom is 4.00 e. The van der Waals surface area contributed by atoms with Crippen LogP contribution in [0.1, 0.15) is 19.3 Å². The van der Waals surface area contributed by atoms with Gasteiger partial charge in [-0.2, -0.15) is 28.2 Å². The van der Waals surface area contributed by atoms with Crippen LogP contribution < -0.4 is 0 Å². The molecule has 0 bridgehead atoms. The second kappa shape index (κ2) is 23.3. The van der Waals surface area contributed by atoms with E-state index < -0.39 is 0 Å². The summed E-state index contributed by atoms with van der Waals surface area (Å²) in [6.45, 7) is 0.784. The molecule has 0 saturated heterocycles. The van der Waals surface area contributed by atoms with E-state index >= 15 is 0 Å². The van der Waals surface area contributed by atoms with Gasteiger partial charge in [0.15, 0.2) is 0 Å². The van der Waals surface area contributed by atoms with Gasteiger partial charge in [-0.05, 0) is 18.8 Å². The van der Waals surface area contributed by atoms with E-state index in [1.165, 1.54) is 19.3 Å². The van der Waals surface area contributed by atoms with Crippen LogP contribution in [0.5, 0.6) is 0 Å². The molecule has 1 fully saturated rings. The van der Waals surface area contributed by atoms with Crippen molar-refractivity contribution in [1.82, 2.24) is 0 Å². The third kappa shape index (κ3) is 19.5. The average Bonchev–Trinajstić information content (AvgIpc) is 2.63. The molecule has 2 atom stereocenters. The summed E-state index contributed by atoms with van der Waals surface area (Å²) in [7, 11) is 8.68. The molecule has 0 N–H and O–H groups in total. The van der Waals surface area contributed by atoms with Crippen molar-refractivity contribution in [2.75, 3.05) is 41.8 Å². The van der Waals surface area contributed by atoms with Gasteiger partial charge in [-0.1, -0.05) is 22.4 Å². The van der Waals surface area contributed by atoms with Gasteiger partial charge in [-0.3, -0.25) is 0 Å². The van der Waals surface area contributed by atoms with Gasteiger partial charge in [0.25, 0.3) is 0 Å². The third-order valence-corrected chi connectivity index (χ3v) is 3.19. The van der Waals surface area contributed by atoms with E-state index in [-0.39, 0.29) is 33.6 Å². The molecule has 1 saturated carbocycles. The summed E-state index contributed by atoms with van der Waals surface area (Å²) >= 11 is 3.61. The monoisotopic (exact) mass is 399 g/mol. The smallest absolute Gasteiger partial charge is 0.668 e. The van der Waals surface area contributed by atoms with Crippen LogP contribution in [0.15, 0.2) is 0 Å². The van der Waals surface area contributed by atoms with Crippen molar-refractivity contribution in [3.8, 4) is 0 Å². The number of rotatable bonds is 3. The van der Waals surface area contributed by atoms with Crippen molar-refractivity contribution in [2.24, 2.45) is 5.92 Å². The number of hydroxylamine groups is 1. The van der Waals surface area contributed by atoms with Crippen LogP contribution in [0, 0.1) is 13.3 Å². The van der Waals surface area contributed by atoms with Gasteiger partial charge in [0.1, 0.15) is 0 Å². The first-order valence-electron chi connectivity index (χ1n) is 5.48. The molecule has 0 aromatic carbocycles. The SMILES string of the molecule is C[N-]C.C[N-]C.C[N-]OCC1CCCC1Br.[CH3-].[Zr+4]. The van der Waals surface area contributed by atoms with Crippen molar-refractivity contribution in [1.29, 1.82) is 0 Å². The van der Waals surface area contributed by atoms with Crippen LogP contribution in [0.4, 0.5) is 0 Å². The molecule has 0 spiro atoms. The molecule has 1 aliphatic rings. The number of hydrogen-bond donors (Lipinski definition) is 0.